The maximum Gasteiger partial charge on any atom is 0.166 e. The summed E-state index contributed by atoms with van der Waals surface area (Å²) in [5.74, 6) is 0.482. The summed E-state index contributed by atoms with van der Waals surface area (Å²) in [5, 5.41) is 23.6. The van der Waals surface area contributed by atoms with Gasteiger partial charge in [0.2, 0.25) is 0 Å². The lowest BCUT2D eigenvalue weighted by molar-refractivity contribution is 0.746. The zero-order chi connectivity index (χ0) is 11.4. The van der Waals surface area contributed by atoms with Crippen LogP contribution in [0.1, 0.15) is 11.3 Å². The average Bonchev–Trinajstić information content (AvgIpc) is 2.73. The van der Waals surface area contributed by atoms with Gasteiger partial charge in [0.1, 0.15) is 6.07 Å². The lowest BCUT2D eigenvalue weighted by Crippen LogP contribution is -2.05. The maximum atomic E-state index is 8.84. The van der Waals surface area contributed by atoms with Crippen molar-refractivity contribution in [3.63, 3.8) is 0 Å². The van der Waals surface area contributed by atoms with E-state index in [-0.39, 0.29) is 0 Å². The second-order valence-electron chi connectivity index (χ2n) is 3.24. The van der Waals surface area contributed by atoms with Crippen molar-refractivity contribution in [3.05, 3.63) is 35.8 Å². The van der Waals surface area contributed by atoms with Gasteiger partial charge >= 0.3 is 0 Å². The molecular weight excluding hydrogens is 204 g/mol. The molecule has 0 unspecified atom stereocenters. The van der Waals surface area contributed by atoms with Crippen LogP contribution >= 0.6 is 0 Å². The van der Waals surface area contributed by atoms with E-state index in [0.29, 0.717) is 17.9 Å². The molecule has 0 aliphatic carbocycles. The first-order valence-corrected chi connectivity index (χ1v) is 4.74. The van der Waals surface area contributed by atoms with Gasteiger partial charge in [-0.25, -0.2) is 0 Å². The standard InChI is InChI=1S/C10H10N6/c1-16-5-3-9(15-16)7-12-10-8(6-11)2-4-13-14-10/h2-5H,7H2,1H3,(H,12,14). The zero-order valence-electron chi connectivity index (χ0n) is 8.75. The molecule has 16 heavy (non-hydrogen) atoms. The van der Waals surface area contributed by atoms with Gasteiger partial charge in [-0.2, -0.15) is 15.5 Å². The van der Waals surface area contributed by atoms with Crippen LogP contribution in [0.15, 0.2) is 24.5 Å². The van der Waals surface area contributed by atoms with Crippen molar-refractivity contribution < 1.29 is 0 Å². The highest BCUT2D eigenvalue weighted by atomic mass is 15.3. The van der Waals surface area contributed by atoms with Gasteiger partial charge < -0.3 is 5.32 Å². The van der Waals surface area contributed by atoms with Crippen LogP contribution in [0.5, 0.6) is 0 Å². The highest BCUT2D eigenvalue weighted by molar-refractivity contribution is 5.50. The third-order valence-corrected chi connectivity index (χ3v) is 2.05. The molecule has 0 aliphatic rings. The first kappa shape index (κ1) is 10.1. The summed E-state index contributed by atoms with van der Waals surface area (Å²) in [6.45, 7) is 0.522. The Morgan fingerprint density at radius 2 is 2.38 bits per heavy atom. The monoisotopic (exact) mass is 214 g/mol. The van der Waals surface area contributed by atoms with Crippen LogP contribution in [0, 0.1) is 11.3 Å². The average molecular weight is 214 g/mol. The van der Waals surface area contributed by atoms with Crippen LogP contribution in [0.2, 0.25) is 0 Å². The summed E-state index contributed by atoms with van der Waals surface area (Å²) in [4.78, 5) is 0. The number of aryl methyl sites for hydroxylation is 1. The van der Waals surface area contributed by atoms with Crippen molar-refractivity contribution in [2.75, 3.05) is 5.32 Å². The molecule has 0 fully saturated rings. The molecular formula is C10H10N6. The molecule has 0 bridgehead atoms. The van der Waals surface area contributed by atoms with Crippen molar-refractivity contribution in [2.24, 2.45) is 7.05 Å². The summed E-state index contributed by atoms with van der Waals surface area (Å²) in [5.41, 5.74) is 1.36. The molecule has 2 rings (SSSR count). The number of aromatic nitrogens is 4. The topological polar surface area (TPSA) is 79.4 Å². The summed E-state index contributed by atoms with van der Waals surface area (Å²) >= 11 is 0. The van der Waals surface area contributed by atoms with Crippen LogP contribution < -0.4 is 5.32 Å². The van der Waals surface area contributed by atoms with Gasteiger partial charge in [0.25, 0.3) is 0 Å². The van der Waals surface area contributed by atoms with Gasteiger partial charge in [0.15, 0.2) is 5.82 Å². The highest BCUT2D eigenvalue weighted by Crippen LogP contribution is 2.09. The number of nitrogens with zero attached hydrogens (tertiary/aromatic N) is 5. The molecule has 0 saturated heterocycles. The number of nitrogens with one attached hydrogen (secondary N) is 1. The molecule has 0 amide bonds. The Balaban J connectivity index is 2.08. The second kappa shape index (κ2) is 4.40. The minimum Gasteiger partial charge on any atom is -0.362 e. The lowest BCUT2D eigenvalue weighted by atomic mass is 10.3. The van der Waals surface area contributed by atoms with Crippen LogP contribution in [-0.2, 0) is 13.6 Å². The lowest BCUT2D eigenvalue weighted by Gasteiger charge is -2.03. The summed E-state index contributed by atoms with van der Waals surface area (Å²) in [7, 11) is 1.85. The maximum absolute atomic E-state index is 8.84. The van der Waals surface area contributed by atoms with Crippen LogP contribution in [0.4, 0.5) is 5.82 Å². The van der Waals surface area contributed by atoms with E-state index in [2.05, 4.69) is 20.6 Å². The smallest absolute Gasteiger partial charge is 0.166 e. The van der Waals surface area contributed by atoms with E-state index in [9.17, 15) is 0 Å². The third kappa shape index (κ3) is 2.15. The Kier molecular flexibility index (Phi) is 2.78. The second-order valence-corrected chi connectivity index (χ2v) is 3.24. The van der Waals surface area contributed by atoms with Crippen molar-refractivity contribution >= 4 is 5.82 Å². The minimum atomic E-state index is 0.478. The van der Waals surface area contributed by atoms with Crippen molar-refractivity contribution in [3.8, 4) is 6.07 Å². The summed E-state index contributed by atoms with van der Waals surface area (Å²) in [6, 6.07) is 5.56. The van der Waals surface area contributed by atoms with E-state index in [1.54, 1.807) is 10.7 Å². The zero-order valence-corrected chi connectivity index (χ0v) is 8.75. The quantitative estimate of drug-likeness (QED) is 0.813. The van der Waals surface area contributed by atoms with E-state index >= 15 is 0 Å². The van der Waals surface area contributed by atoms with Crippen LogP contribution in [-0.4, -0.2) is 20.0 Å². The molecule has 0 spiro atoms. The predicted octanol–water partition coefficient (Wildman–Crippen LogP) is 0.694. The largest absolute Gasteiger partial charge is 0.362 e. The number of hydrogen-bond donors (Lipinski definition) is 1. The van der Waals surface area contributed by atoms with Gasteiger partial charge in [-0.15, -0.1) is 5.10 Å². The fourth-order valence-electron chi connectivity index (χ4n) is 1.28. The van der Waals surface area contributed by atoms with E-state index in [4.69, 9.17) is 5.26 Å². The van der Waals surface area contributed by atoms with E-state index < -0.39 is 0 Å². The minimum absolute atomic E-state index is 0.478. The molecule has 0 saturated carbocycles. The fraction of sp³-hybridized carbons (Fsp3) is 0.200. The molecule has 2 aromatic rings. The molecule has 2 heterocycles. The van der Waals surface area contributed by atoms with Crippen molar-refractivity contribution in [2.45, 2.75) is 6.54 Å². The van der Waals surface area contributed by atoms with Gasteiger partial charge in [0.05, 0.1) is 24.0 Å². The van der Waals surface area contributed by atoms with E-state index in [1.807, 2.05) is 25.4 Å². The molecule has 6 heteroatoms. The summed E-state index contributed by atoms with van der Waals surface area (Å²) < 4.78 is 1.72. The van der Waals surface area contributed by atoms with Crippen molar-refractivity contribution in [1.82, 2.24) is 20.0 Å². The van der Waals surface area contributed by atoms with E-state index in [0.717, 1.165) is 5.69 Å². The Morgan fingerprint density at radius 3 is 3.06 bits per heavy atom. The Hall–Kier alpha value is -2.42. The molecule has 6 nitrogen and oxygen atoms in total. The normalized spacial score (nSPS) is 9.75. The fourth-order valence-corrected chi connectivity index (χ4v) is 1.28. The molecule has 1 N–H and O–H groups in total. The van der Waals surface area contributed by atoms with Gasteiger partial charge in [-0.1, -0.05) is 0 Å². The van der Waals surface area contributed by atoms with E-state index in [1.165, 1.54) is 6.20 Å². The molecule has 0 aliphatic heterocycles. The van der Waals surface area contributed by atoms with Crippen LogP contribution in [0.3, 0.4) is 0 Å². The number of rotatable bonds is 3. The van der Waals surface area contributed by atoms with Gasteiger partial charge in [-0.05, 0) is 12.1 Å². The Labute approximate surface area is 92.5 Å². The molecule has 0 atom stereocenters. The van der Waals surface area contributed by atoms with Gasteiger partial charge in [-0.3, -0.25) is 4.68 Å². The summed E-state index contributed by atoms with van der Waals surface area (Å²) in [6.07, 6.45) is 3.35. The number of nitriles is 1. The molecule has 2 aromatic heterocycles. The predicted molar refractivity (Wildman–Crippen MR) is 57.3 cm³/mol. The third-order valence-electron chi connectivity index (χ3n) is 2.05. The number of hydrogen-bond acceptors (Lipinski definition) is 5. The first-order valence-electron chi connectivity index (χ1n) is 4.74. The highest BCUT2D eigenvalue weighted by Gasteiger charge is 2.03. The van der Waals surface area contributed by atoms with Crippen molar-refractivity contribution in [1.29, 1.82) is 5.26 Å². The first-order chi connectivity index (χ1) is 7.79. The number of anilines is 1. The molecule has 0 radical (unpaired) electrons. The molecule has 0 aromatic carbocycles. The Bertz CT molecular complexity index is 524. The van der Waals surface area contributed by atoms with Crippen LogP contribution in [0.25, 0.3) is 0 Å². The van der Waals surface area contributed by atoms with Gasteiger partial charge in [0, 0.05) is 13.2 Å². The Morgan fingerprint density at radius 1 is 1.50 bits per heavy atom. The molecule has 80 valence electrons. The SMILES string of the molecule is Cn1ccc(CNc2nnccc2C#N)n1.